The monoisotopic (exact) mass is 396 g/mol. The molecule has 1 aromatic carbocycles. The fourth-order valence-electron chi connectivity index (χ4n) is 5.03. The van der Waals surface area contributed by atoms with E-state index in [2.05, 4.69) is 16.0 Å². The Morgan fingerprint density at radius 3 is 2.72 bits per heavy atom. The van der Waals surface area contributed by atoms with Crippen LogP contribution in [0.5, 0.6) is 0 Å². The van der Waals surface area contributed by atoms with Gasteiger partial charge in [0.05, 0.1) is 0 Å². The van der Waals surface area contributed by atoms with Gasteiger partial charge in [-0.2, -0.15) is 0 Å². The molecule has 7 heteroatoms. The van der Waals surface area contributed by atoms with Crippen molar-refractivity contribution >= 4 is 17.7 Å². The summed E-state index contributed by atoms with van der Waals surface area (Å²) in [6.07, 6.45) is 5.96. The van der Waals surface area contributed by atoms with Gasteiger partial charge in [0.15, 0.2) is 0 Å². The van der Waals surface area contributed by atoms with Crippen LogP contribution in [0, 0.1) is 5.41 Å². The molecule has 3 amide bonds. The molecule has 3 heterocycles. The molecule has 4 aliphatic rings. The van der Waals surface area contributed by atoms with E-state index >= 15 is 0 Å². The highest BCUT2D eigenvalue weighted by Gasteiger charge is 2.44. The summed E-state index contributed by atoms with van der Waals surface area (Å²) in [6.45, 7) is 3.10. The number of fused-ring (bicyclic) bond motifs is 1. The zero-order chi connectivity index (χ0) is 20.0. The molecule has 0 aromatic heterocycles. The van der Waals surface area contributed by atoms with Crippen LogP contribution in [0.15, 0.2) is 18.2 Å². The summed E-state index contributed by atoms with van der Waals surface area (Å²) in [5.74, 6) is -0.721. The number of benzene rings is 1. The molecule has 1 aromatic rings. The maximum absolute atomic E-state index is 13.1. The normalized spacial score (nSPS) is 27.9. The third kappa shape index (κ3) is 3.57. The number of nitrogens with one attached hydrogen (secondary N) is 3. The Morgan fingerprint density at radius 1 is 1.14 bits per heavy atom. The zero-order valence-electron chi connectivity index (χ0n) is 16.6. The Morgan fingerprint density at radius 2 is 2.00 bits per heavy atom. The van der Waals surface area contributed by atoms with Crippen LogP contribution in [0.25, 0.3) is 0 Å². The number of carbonyl (C=O) groups is 3. The van der Waals surface area contributed by atoms with Gasteiger partial charge in [-0.1, -0.05) is 18.2 Å². The van der Waals surface area contributed by atoms with Crippen LogP contribution in [-0.4, -0.2) is 47.8 Å². The van der Waals surface area contributed by atoms with E-state index in [-0.39, 0.29) is 24.1 Å². The van der Waals surface area contributed by atoms with Gasteiger partial charge in [-0.3, -0.25) is 19.7 Å². The van der Waals surface area contributed by atoms with Crippen LogP contribution in [0.1, 0.15) is 60.0 Å². The van der Waals surface area contributed by atoms with Gasteiger partial charge in [0.1, 0.15) is 6.04 Å². The molecule has 1 saturated carbocycles. The van der Waals surface area contributed by atoms with Gasteiger partial charge < -0.3 is 15.5 Å². The topological polar surface area (TPSA) is 90.5 Å². The Hall–Kier alpha value is -2.25. The van der Waals surface area contributed by atoms with Gasteiger partial charge in [0, 0.05) is 44.2 Å². The number of carbonyl (C=O) groups excluding carboxylic acids is 3. The van der Waals surface area contributed by atoms with Gasteiger partial charge >= 0.3 is 0 Å². The molecule has 2 unspecified atom stereocenters. The Balaban J connectivity index is 1.21. The lowest BCUT2D eigenvalue weighted by molar-refractivity contribution is -0.136. The third-order valence-corrected chi connectivity index (χ3v) is 7.09. The number of imide groups is 1. The average Bonchev–Trinajstić information content (AvgIpc) is 3.38. The molecule has 29 heavy (non-hydrogen) atoms. The van der Waals surface area contributed by atoms with Crippen LogP contribution < -0.4 is 16.0 Å². The van der Waals surface area contributed by atoms with E-state index in [0.717, 1.165) is 29.8 Å². The quantitative estimate of drug-likeness (QED) is 0.648. The lowest BCUT2D eigenvalue weighted by Gasteiger charge is -2.30. The first-order valence-electron chi connectivity index (χ1n) is 10.7. The van der Waals surface area contributed by atoms with Crippen LogP contribution in [-0.2, 0) is 22.7 Å². The summed E-state index contributed by atoms with van der Waals surface area (Å²) in [5.41, 5.74) is 3.28. The summed E-state index contributed by atoms with van der Waals surface area (Å²) < 4.78 is 0. The zero-order valence-corrected chi connectivity index (χ0v) is 16.6. The van der Waals surface area contributed by atoms with Crippen molar-refractivity contribution in [2.45, 2.75) is 63.7 Å². The first-order valence-corrected chi connectivity index (χ1v) is 10.7. The molecule has 0 bridgehead atoms. The molecular formula is C22H28N4O3. The summed E-state index contributed by atoms with van der Waals surface area (Å²) in [6, 6.07) is 5.86. The summed E-state index contributed by atoms with van der Waals surface area (Å²) in [7, 11) is 0. The molecule has 2 atom stereocenters. The molecule has 7 nitrogen and oxygen atoms in total. The summed E-state index contributed by atoms with van der Waals surface area (Å²) >= 11 is 0. The SMILES string of the molecule is O=C1CCC(N2Cc3cccc(CNCC4CCC5(CC5)CN4)c3C2=O)C(=O)N1. The number of nitrogens with zero attached hydrogens (tertiary/aromatic N) is 1. The molecule has 3 fully saturated rings. The van der Waals surface area contributed by atoms with Crippen molar-refractivity contribution in [2.24, 2.45) is 5.41 Å². The highest BCUT2D eigenvalue weighted by Crippen LogP contribution is 2.50. The predicted octanol–water partition coefficient (Wildman–Crippen LogP) is 1.07. The summed E-state index contributed by atoms with van der Waals surface area (Å²) in [5, 5.41) is 9.55. The van der Waals surface area contributed by atoms with Crippen molar-refractivity contribution < 1.29 is 14.4 Å². The minimum absolute atomic E-state index is 0.0987. The van der Waals surface area contributed by atoms with E-state index in [1.165, 1.54) is 25.7 Å². The van der Waals surface area contributed by atoms with Crippen molar-refractivity contribution in [3.8, 4) is 0 Å². The lowest BCUT2D eigenvalue weighted by Crippen LogP contribution is -2.52. The number of amides is 3. The van der Waals surface area contributed by atoms with Crippen LogP contribution in [0.3, 0.4) is 0 Å². The van der Waals surface area contributed by atoms with E-state index in [1.54, 1.807) is 4.90 Å². The third-order valence-electron chi connectivity index (χ3n) is 7.09. The predicted molar refractivity (Wildman–Crippen MR) is 107 cm³/mol. The second kappa shape index (κ2) is 7.22. The van der Waals surface area contributed by atoms with Crippen molar-refractivity contribution in [3.05, 3.63) is 34.9 Å². The molecule has 1 spiro atoms. The molecule has 154 valence electrons. The minimum atomic E-state index is -0.561. The van der Waals surface area contributed by atoms with Crippen LogP contribution >= 0.6 is 0 Å². The van der Waals surface area contributed by atoms with E-state index in [4.69, 9.17) is 0 Å². The fourth-order valence-corrected chi connectivity index (χ4v) is 5.03. The maximum Gasteiger partial charge on any atom is 0.255 e. The van der Waals surface area contributed by atoms with Gasteiger partial charge in [0.25, 0.3) is 5.91 Å². The standard InChI is InChI=1S/C22H28N4O3/c27-18-5-4-17(20(28)25-18)26-12-15-3-1-2-14(19(15)21(26)29)10-23-11-16-6-7-22(8-9-22)13-24-16/h1-3,16-17,23-24H,4-13H2,(H,25,27,28). The molecule has 5 rings (SSSR count). The Labute approximate surface area is 170 Å². The lowest BCUT2D eigenvalue weighted by atomic mass is 9.92. The van der Waals surface area contributed by atoms with E-state index in [9.17, 15) is 14.4 Å². The number of piperidine rings is 2. The Kier molecular flexibility index (Phi) is 4.67. The molecule has 3 N–H and O–H groups in total. The Bertz CT molecular complexity index is 854. The van der Waals surface area contributed by atoms with Crippen molar-refractivity contribution in [1.82, 2.24) is 20.9 Å². The largest absolute Gasteiger partial charge is 0.322 e. The van der Waals surface area contributed by atoms with Crippen LogP contribution in [0.2, 0.25) is 0 Å². The number of hydrogen-bond donors (Lipinski definition) is 3. The fraction of sp³-hybridized carbons (Fsp3) is 0.591. The summed E-state index contributed by atoms with van der Waals surface area (Å²) in [4.78, 5) is 38.4. The first kappa shape index (κ1) is 18.8. The van der Waals surface area contributed by atoms with E-state index in [1.807, 2.05) is 18.2 Å². The molecule has 1 aliphatic carbocycles. The minimum Gasteiger partial charge on any atom is -0.322 e. The van der Waals surface area contributed by atoms with Crippen molar-refractivity contribution in [1.29, 1.82) is 0 Å². The highest BCUT2D eigenvalue weighted by atomic mass is 16.2. The maximum atomic E-state index is 13.1. The molecular weight excluding hydrogens is 368 g/mol. The van der Waals surface area contributed by atoms with Gasteiger partial charge in [-0.15, -0.1) is 0 Å². The van der Waals surface area contributed by atoms with Gasteiger partial charge in [0.2, 0.25) is 11.8 Å². The highest BCUT2D eigenvalue weighted by molar-refractivity contribution is 6.05. The van der Waals surface area contributed by atoms with Gasteiger partial charge in [-0.05, 0) is 48.6 Å². The van der Waals surface area contributed by atoms with E-state index in [0.29, 0.717) is 31.0 Å². The number of hydrogen-bond acceptors (Lipinski definition) is 5. The first-order chi connectivity index (χ1) is 14.0. The molecule has 3 aliphatic heterocycles. The number of rotatable bonds is 5. The smallest absolute Gasteiger partial charge is 0.255 e. The van der Waals surface area contributed by atoms with Gasteiger partial charge in [-0.25, -0.2) is 0 Å². The van der Waals surface area contributed by atoms with E-state index < -0.39 is 6.04 Å². The molecule has 0 radical (unpaired) electrons. The second-order valence-corrected chi connectivity index (χ2v) is 9.10. The second-order valence-electron chi connectivity index (χ2n) is 9.10. The average molecular weight is 396 g/mol. The molecule has 2 saturated heterocycles. The van der Waals surface area contributed by atoms with Crippen LogP contribution in [0.4, 0.5) is 0 Å². The van der Waals surface area contributed by atoms with Crippen molar-refractivity contribution in [3.63, 3.8) is 0 Å². The van der Waals surface area contributed by atoms with Crippen molar-refractivity contribution in [2.75, 3.05) is 13.1 Å².